The van der Waals surface area contributed by atoms with Crippen molar-refractivity contribution in [1.82, 2.24) is 5.16 Å². The normalized spacial score (nSPS) is 13.1. The summed E-state index contributed by atoms with van der Waals surface area (Å²) in [5.41, 5.74) is 2.03. The first-order chi connectivity index (χ1) is 10.1. The fourth-order valence-corrected chi connectivity index (χ4v) is 2.44. The maximum Gasteiger partial charge on any atom is 0.236 e. The van der Waals surface area contributed by atoms with Crippen molar-refractivity contribution >= 4 is 23.3 Å². The van der Waals surface area contributed by atoms with Gasteiger partial charge < -0.3 is 14.7 Å². The SMILES string of the molecule is Cc1cc(NC(=O)CC(=O)N2CCc3ccccc32)no1. The smallest absolute Gasteiger partial charge is 0.236 e. The molecule has 1 N–H and O–H groups in total. The molecule has 2 aromatic rings. The molecule has 21 heavy (non-hydrogen) atoms. The van der Waals surface area contributed by atoms with E-state index in [9.17, 15) is 9.59 Å². The average molecular weight is 285 g/mol. The predicted octanol–water partition coefficient (Wildman–Crippen LogP) is 1.90. The Morgan fingerprint density at radius 1 is 1.38 bits per heavy atom. The maximum atomic E-state index is 12.2. The van der Waals surface area contributed by atoms with Gasteiger partial charge in [0.15, 0.2) is 5.82 Å². The number of nitrogens with zero attached hydrogens (tertiary/aromatic N) is 2. The topological polar surface area (TPSA) is 75.4 Å². The van der Waals surface area contributed by atoms with Crippen LogP contribution in [0.15, 0.2) is 34.9 Å². The van der Waals surface area contributed by atoms with Crippen LogP contribution in [-0.4, -0.2) is 23.5 Å². The number of amides is 2. The van der Waals surface area contributed by atoms with Crippen LogP contribution in [0.3, 0.4) is 0 Å². The number of benzene rings is 1. The second kappa shape index (κ2) is 5.40. The number of rotatable bonds is 3. The Hall–Kier alpha value is -2.63. The average Bonchev–Trinajstić information content (AvgIpc) is 3.04. The Labute approximate surface area is 121 Å². The van der Waals surface area contributed by atoms with Crippen molar-refractivity contribution in [3.8, 4) is 0 Å². The second-order valence-corrected chi connectivity index (χ2v) is 4.97. The summed E-state index contributed by atoms with van der Waals surface area (Å²) in [6.45, 7) is 2.35. The van der Waals surface area contributed by atoms with Crippen LogP contribution in [0.25, 0.3) is 0 Å². The molecule has 0 bridgehead atoms. The monoisotopic (exact) mass is 285 g/mol. The largest absolute Gasteiger partial charge is 0.360 e. The molecule has 0 saturated heterocycles. The fraction of sp³-hybridized carbons (Fsp3) is 0.267. The summed E-state index contributed by atoms with van der Waals surface area (Å²) in [5, 5.41) is 6.21. The zero-order chi connectivity index (χ0) is 14.8. The van der Waals surface area contributed by atoms with Gasteiger partial charge in [-0.25, -0.2) is 0 Å². The number of carbonyl (C=O) groups excluding carboxylic acids is 2. The Morgan fingerprint density at radius 2 is 2.19 bits per heavy atom. The molecule has 0 atom stereocenters. The van der Waals surface area contributed by atoms with Gasteiger partial charge in [-0.1, -0.05) is 23.4 Å². The van der Waals surface area contributed by atoms with E-state index < -0.39 is 5.91 Å². The van der Waals surface area contributed by atoms with Gasteiger partial charge in [0, 0.05) is 18.3 Å². The van der Waals surface area contributed by atoms with Crippen molar-refractivity contribution in [2.24, 2.45) is 0 Å². The molecule has 0 unspecified atom stereocenters. The third kappa shape index (κ3) is 2.79. The van der Waals surface area contributed by atoms with Crippen molar-refractivity contribution in [1.29, 1.82) is 0 Å². The molecule has 1 aliphatic rings. The highest BCUT2D eigenvalue weighted by molar-refractivity contribution is 6.09. The first kappa shape index (κ1) is 13.4. The number of aromatic nitrogens is 1. The number of fused-ring (bicyclic) bond motifs is 1. The van der Waals surface area contributed by atoms with Gasteiger partial charge in [-0.15, -0.1) is 0 Å². The molecule has 2 amide bonds. The van der Waals surface area contributed by atoms with Gasteiger partial charge in [0.25, 0.3) is 0 Å². The van der Waals surface area contributed by atoms with Crippen LogP contribution >= 0.6 is 0 Å². The zero-order valence-corrected chi connectivity index (χ0v) is 11.6. The zero-order valence-electron chi connectivity index (χ0n) is 11.6. The highest BCUT2D eigenvalue weighted by Crippen LogP contribution is 2.27. The Kier molecular flexibility index (Phi) is 3.43. The number of anilines is 2. The third-order valence-electron chi connectivity index (χ3n) is 3.40. The lowest BCUT2D eigenvalue weighted by Crippen LogP contribution is -2.32. The quantitative estimate of drug-likeness (QED) is 0.874. The Morgan fingerprint density at radius 3 is 2.95 bits per heavy atom. The molecule has 0 radical (unpaired) electrons. The molecule has 0 aliphatic carbocycles. The second-order valence-electron chi connectivity index (χ2n) is 4.97. The number of nitrogens with one attached hydrogen (secondary N) is 1. The molecule has 0 fully saturated rings. The van der Waals surface area contributed by atoms with E-state index >= 15 is 0 Å². The van der Waals surface area contributed by atoms with E-state index in [0.717, 1.165) is 17.7 Å². The summed E-state index contributed by atoms with van der Waals surface area (Å²) in [6.07, 6.45) is 0.617. The summed E-state index contributed by atoms with van der Waals surface area (Å²) in [6, 6.07) is 9.35. The fourth-order valence-electron chi connectivity index (χ4n) is 2.44. The predicted molar refractivity (Wildman–Crippen MR) is 77.0 cm³/mol. The highest BCUT2D eigenvalue weighted by atomic mass is 16.5. The number of hydrogen-bond acceptors (Lipinski definition) is 4. The van der Waals surface area contributed by atoms with Crippen LogP contribution in [0, 0.1) is 6.92 Å². The van der Waals surface area contributed by atoms with Gasteiger partial charge in [0.1, 0.15) is 12.2 Å². The van der Waals surface area contributed by atoms with Crippen LogP contribution in [0.2, 0.25) is 0 Å². The summed E-state index contributed by atoms with van der Waals surface area (Å²) in [5.74, 6) is 0.326. The van der Waals surface area contributed by atoms with Gasteiger partial charge in [0.05, 0.1) is 0 Å². The third-order valence-corrected chi connectivity index (χ3v) is 3.40. The molecule has 2 heterocycles. The van der Waals surface area contributed by atoms with Gasteiger partial charge in [-0.2, -0.15) is 0 Å². The molecule has 3 rings (SSSR count). The molecular formula is C15H15N3O3. The van der Waals surface area contributed by atoms with E-state index in [1.54, 1.807) is 17.9 Å². The minimum absolute atomic E-state index is 0.208. The van der Waals surface area contributed by atoms with Crippen LogP contribution < -0.4 is 10.2 Å². The Bertz CT molecular complexity index is 693. The van der Waals surface area contributed by atoms with E-state index in [2.05, 4.69) is 10.5 Å². The maximum absolute atomic E-state index is 12.2. The molecule has 0 saturated carbocycles. The molecule has 1 aromatic heterocycles. The molecule has 108 valence electrons. The molecule has 0 spiro atoms. The van der Waals surface area contributed by atoms with E-state index in [0.29, 0.717) is 18.1 Å². The van der Waals surface area contributed by atoms with Gasteiger partial charge in [-0.05, 0) is 25.0 Å². The molecule has 6 heteroatoms. The van der Waals surface area contributed by atoms with Crippen LogP contribution in [-0.2, 0) is 16.0 Å². The lowest BCUT2D eigenvalue weighted by atomic mass is 10.2. The summed E-state index contributed by atoms with van der Waals surface area (Å²) >= 11 is 0. The number of aryl methyl sites for hydroxylation is 1. The first-order valence-corrected chi connectivity index (χ1v) is 6.75. The van der Waals surface area contributed by atoms with Crippen LogP contribution in [0.4, 0.5) is 11.5 Å². The summed E-state index contributed by atoms with van der Waals surface area (Å²) in [4.78, 5) is 25.8. The summed E-state index contributed by atoms with van der Waals surface area (Å²) < 4.78 is 4.86. The van der Waals surface area contributed by atoms with Gasteiger partial charge >= 0.3 is 0 Å². The summed E-state index contributed by atoms with van der Waals surface area (Å²) in [7, 11) is 0. The van der Waals surface area contributed by atoms with E-state index in [-0.39, 0.29) is 12.3 Å². The van der Waals surface area contributed by atoms with Crippen LogP contribution in [0.1, 0.15) is 17.7 Å². The lowest BCUT2D eigenvalue weighted by molar-refractivity contribution is -0.125. The molecule has 6 nitrogen and oxygen atoms in total. The minimum atomic E-state index is -0.391. The van der Waals surface area contributed by atoms with Gasteiger partial charge in [0.2, 0.25) is 11.8 Å². The molecule has 1 aromatic carbocycles. The lowest BCUT2D eigenvalue weighted by Gasteiger charge is -2.16. The molecule has 1 aliphatic heterocycles. The van der Waals surface area contributed by atoms with E-state index in [4.69, 9.17) is 4.52 Å². The number of para-hydroxylation sites is 1. The first-order valence-electron chi connectivity index (χ1n) is 6.75. The number of hydrogen-bond donors (Lipinski definition) is 1. The van der Waals surface area contributed by atoms with E-state index in [1.807, 2.05) is 24.3 Å². The Balaban J connectivity index is 1.63. The van der Waals surface area contributed by atoms with Crippen molar-refractivity contribution in [3.63, 3.8) is 0 Å². The van der Waals surface area contributed by atoms with Crippen molar-refractivity contribution in [2.45, 2.75) is 19.8 Å². The van der Waals surface area contributed by atoms with Crippen molar-refractivity contribution < 1.29 is 14.1 Å². The molecular weight excluding hydrogens is 270 g/mol. The van der Waals surface area contributed by atoms with E-state index in [1.165, 1.54) is 0 Å². The number of carbonyl (C=O) groups is 2. The van der Waals surface area contributed by atoms with Crippen molar-refractivity contribution in [3.05, 3.63) is 41.7 Å². The minimum Gasteiger partial charge on any atom is -0.360 e. The van der Waals surface area contributed by atoms with Crippen LogP contribution in [0.5, 0.6) is 0 Å². The highest BCUT2D eigenvalue weighted by Gasteiger charge is 2.25. The van der Waals surface area contributed by atoms with Crippen molar-refractivity contribution in [2.75, 3.05) is 16.8 Å². The van der Waals surface area contributed by atoms with Gasteiger partial charge in [-0.3, -0.25) is 9.59 Å². The standard InChI is InChI=1S/C15H15N3O3/c1-10-8-13(17-21-10)16-14(19)9-15(20)18-7-6-11-4-2-3-5-12(11)18/h2-5,8H,6-7,9H2,1H3,(H,16,17,19).